The Hall–Kier alpha value is -0.320. The number of fused-ring (bicyclic) bond motifs is 2. The van der Waals surface area contributed by atoms with Crippen LogP contribution in [0.15, 0.2) is 5.16 Å². The minimum Gasteiger partial charge on any atom is -0.411 e. The van der Waals surface area contributed by atoms with Gasteiger partial charge in [-0.3, -0.25) is 4.90 Å². The van der Waals surface area contributed by atoms with Gasteiger partial charge in [-0.05, 0) is 0 Å². The number of ether oxygens (including phenoxy) is 1. The summed E-state index contributed by atoms with van der Waals surface area (Å²) in [4.78, 5) is 2.34. The Morgan fingerprint density at radius 1 is 1.50 bits per heavy atom. The van der Waals surface area contributed by atoms with Gasteiger partial charge in [-0.25, -0.2) is 0 Å². The van der Waals surface area contributed by atoms with Crippen molar-refractivity contribution >= 4 is 18.1 Å². The van der Waals surface area contributed by atoms with Crippen molar-refractivity contribution in [2.24, 2.45) is 5.16 Å². The average Bonchev–Trinajstić information content (AvgIpc) is 2.06. The molecule has 0 radical (unpaired) electrons. The van der Waals surface area contributed by atoms with Crippen LogP contribution >= 0.6 is 12.4 Å². The molecule has 2 unspecified atom stereocenters. The van der Waals surface area contributed by atoms with Gasteiger partial charge in [-0.2, -0.15) is 0 Å². The third-order valence-electron chi connectivity index (χ3n) is 2.33. The molecule has 2 atom stereocenters. The third kappa shape index (κ3) is 1.71. The van der Waals surface area contributed by atoms with Crippen LogP contribution in [0.5, 0.6) is 0 Å². The highest BCUT2D eigenvalue weighted by molar-refractivity contribution is 5.89. The van der Waals surface area contributed by atoms with Gasteiger partial charge in [0.1, 0.15) is 6.10 Å². The van der Waals surface area contributed by atoms with Crippen molar-refractivity contribution in [1.82, 2.24) is 4.90 Å². The summed E-state index contributed by atoms with van der Waals surface area (Å²) in [7, 11) is 0. The van der Waals surface area contributed by atoms with E-state index in [1.165, 1.54) is 0 Å². The molecule has 0 aromatic carbocycles. The normalized spacial score (nSPS) is 37.5. The molecule has 2 saturated heterocycles. The Labute approximate surface area is 77.6 Å². The van der Waals surface area contributed by atoms with Crippen molar-refractivity contribution in [3.05, 3.63) is 0 Å². The van der Waals surface area contributed by atoms with Crippen LogP contribution < -0.4 is 0 Å². The lowest BCUT2D eigenvalue weighted by molar-refractivity contribution is -0.00593. The Kier molecular flexibility index (Phi) is 3.31. The maximum Gasteiger partial charge on any atom is 0.112 e. The highest BCUT2D eigenvalue weighted by atomic mass is 35.5. The number of rotatable bonds is 0. The fourth-order valence-electron chi connectivity index (χ4n) is 1.66. The minimum atomic E-state index is 0. The molecule has 2 aliphatic rings. The van der Waals surface area contributed by atoms with Crippen LogP contribution in [0.3, 0.4) is 0 Å². The summed E-state index contributed by atoms with van der Waals surface area (Å²) in [6.07, 6.45) is 0.906. The molecule has 2 rings (SSSR count). The molecule has 0 aliphatic carbocycles. The van der Waals surface area contributed by atoms with Crippen LogP contribution in [0.2, 0.25) is 0 Å². The third-order valence-corrected chi connectivity index (χ3v) is 2.33. The number of oxime groups is 1. The van der Waals surface area contributed by atoms with E-state index in [-0.39, 0.29) is 18.5 Å². The SMILES string of the molecule is Cl.ON=C1CCN2CCOC1C2. The molecule has 12 heavy (non-hydrogen) atoms. The van der Waals surface area contributed by atoms with Crippen LogP contribution in [0, 0.1) is 0 Å². The van der Waals surface area contributed by atoms with Gasteiger partial charge in [0.25, 0.3) is 0 Å². The molecule has 2 fully saturated rings. The number of halogens is 1. The second kappa shape index (κ2) is 4.07. The van der Waals surface area contributed by atoms with Crippen molar-refractivity contribution in [3.8, 4) is 0 Å². The molecule has 5 heteroatoms. The van der Waals surface area contributed by atoms with Crippen molar-refractivity contribution in [3.63, 3.8) is 0 Å². The Morgan fingerprint density at radius 3 is 3.08 bits per heavy atom. The van der Waals surface area contributed by atoms with E-state index in [2.05, 4.69) is 10.1 Å². The van der Waals surface area contributed by atoms with E-state index in [0.717, 1.165) is 38.4 Å². The molecule has 0 spiro atoms. The second-order valence-corrected chi connectivity index (χ2v) is 3.00. The van der Waals surface area contributed by atoms with E-state index in [4.69, 9.17) is 9.94 Å². The van der Waals surface area contributed by atoms with Gasteiger partial charge in [0.15, 0.2) is 0 Å². The molecule has 4 nitrogen and oxygen atoms in total. The zero-order chi connectivity index (χ0) is 7.68. The first-order valence-electron chi connectivity index (χ1n) is 3.95. The van der Waals surface area contributed by atoms with Crippen LogP contribution in [-0.4, -0.2) is 48.2 Å². The zero-order valence-corrected chi connectivity index (χ0v) is 7.59. The van der Waals surface area contributed by atoms with Crippen LogP contribution in [0.25, 0.3) is 0 Å². The largest absolute Gasteiger partial charge is 0.411 e. The van der Waals surface area contributed by atoms with Crippen molar-refractivity contribution in [2.45, 2.75) is 12.5 Å². The predicted octanol–water partition coefficient (Wildman–Crippen LogP) is 0.343. The van der Waals surface area contributed by atoms with Gasteiger partial charge >= 0.3 is 0 Å². The van der Waals surface area contributed by atoms with E-state index >= 15 is 0 Å². The van der Waals surface area contributed by atoms with Gasteiger partial charge < -0.3 is 9.94 Å². The molecule has 2 bridgehead atoms. The number of morpholine rings is 1. The number of hydrogen-bond acceptors (Lipinski definition) is 4. The first-order chi connectivity index (χ1) is 5.40. The summed E-state index contributed by atoms with van der Waals surface area (Å²) in [5.41, 5.74) is 0.806. The first-order valence-corrected chi connectivity index (χ1v) is 3.95. The monoisotopic (exact) mass is 192 g/mol. The second-order valence-electron chi connectivity index (χ2n) is 3.00. The number of hydrogen-bond donors (Lipinski definition) is 1. The van der Waals surface area contributed by atoms with Gasteiger partial charge in [-0.1, -0.05) is 5.16 Å². The molecule has 2 aliphatic heterocycles. The average molecular weight is 193 g/mol. The summed E-state index contributed by atoms with van der Waals surface area (Å²) in [6.45, 7) is 3.71. The van der Waals surface area contributed by atoms with Gasteiger partial charge in [0.2, 0.25) is 0 Å². The zero-order valence-electron chi connectivity index (χ0n) is 6.77. The summed E-state index contributed by atoms with van der Waals surface area (Å²) < 4.78 is 5.42. The van der Waals surface area contributed by atoms with E-state index in [0.29, 0.717) is 0 Å². The lowest BCUT2D eigenvalue weighted by Crippen LogP contribution is -2.51. The Morgan fingerprint density at radius 2 is 2.33 bits per heavy atom. The van der Waals surface area contributed by atoms with Crippen molar-refractivity contribution in [2.75, 3.05) is 26.2 Å². The maximum absolute atomic E-state index is 8.59. The van der Waals surface area contributed by atoms with E-state index in [1.807, 2.05) is 0 Å². The molecule has 1 N–H and O–H groups in total. The highest BCUT2D eigenvalue weighted by Gasteiger charge is 2.29. The van der Waals surface area contributed by atoms with Crippen molar-refractivity contribution in [1.29, 1.82) is 0 Å². The van der Waals surface area contributed by atoms with Crippen molar-refractivity contribution < 1.29 is 9.94 Å². The van der Waals surface area contributed by atoms with Gasteiger partial charge in [0, 0.05) is 26.1 Å². The van der Waals surface area contributed by atoms with Crippen LogP contribution in [0.1, 0.15) is 6.42 Å². The number of piperidine rings is 1. The van der Waals surface area contributed by atoms with E-state index < -0.39 is 0 Å². The first kappa shape index (κ1) is 9.77. The lowest BCUT2D eigenvalue weighted by Gasteiger charge is -2.37. The molecule has 0 saturated carbocycles. The van der Waals surface area contributed by atoms with Crippen LogP contribution in [-0.2, 0) is 4.74 Å². The van der Waals surface area contributed by atoms with Gasteiger partial charge in [-0.15, -0.1) is 12.4 Å². The summed E-state index contributed by atoms with van der Waals surface area (Å²) in [6, 6.07) is 0. The quantitative estimate of drug-likeness (QED) is 0.445. The maximum atomic E-state index is 8.59. The van der Waals surface area contributed by atoms with E-state index in [1.54, 1.807) is 0 Å². The minimum absolute atomic E-state index is 0. The molecule has 0 amide bonds. The molecular formula is C7H13ClN2O2. The highest BCUT2D eigenvalue weighted by Crippen LogP contribution is 2.14. The summed E-state index contributed by atoms with van der Waals surface area (Å²) >= 11 is 0. The summed E-state index contributed by atoms with van der Waals surface area (Å²) in [5.74, 6) is 0. The number of nitrogens with zero attached hydrogens (tertiary/aromatic N) is 2. The topological polar surface area (TPSA) is 45.1 Å². The molecule has 70 valence electrons. The summed E-state index contributed by atoms with van der Waals surface area (Å²) in [5, 5.41) is 11.8. The Bertz CT molecular complexity index is 186. The smallest absolute Gasteiger partial charge is 0.112 e. The fourth-order valence-corrected chi connectivity index (χ4v) is 1.66. The Balaban J connectivity index is 0.000000720. The molecule has 2 heterocycles. The fraction of sp³-hybridized carbons (Fsp3) is 0.857. The van der Waals surface area contributed by atoms with E-state index in [9.17, 15) is 0 Å². The van der Waals surface area contributed by atoms with Gasteiger partial charge in [0.05, 0.1) is 12.3 Å². The molecule has 0 aromatic rings. The standard InChI is InChI=1S/C7H12N2O2.ClH/c10-8-6-1-2-9-3-4-11-7(6)5-9;/h7,10H,1-5H2;1H. The predicted molar refractivity (Wildman–Crippen MR) is 47.3 cm³/mol. The molecular weight excluding hydrogens is 180 g/mol. The van der Waals surface area contributed by atoms with Crippen LogP contribution in [0.4, 0.5) is 0 Å². The molecule has 0 aromatic heterocycles. The lowest BCUT2D eigenvalue weighted by atomic mass is 10.0.